The van der Waals surface area contributed by atoms with Gasteiger partial charge in [0.1, 0.15) is 6.04 Å². The van der Waals surface area contributed by atoms with Crippen LogP contribution in [0.1, 0.15) is 53.2 Å². The number of fused-ring (bicyclic) bond motifs is 1. The van der Waals surface area contributed by atoms with Crippen molar-refractivity contribution in [3.8, 4) is 0 Å². The molecule has 5 rings (SSSR count). The molecule has 0 aliphatic carbocycles. The first-order valence-corrected chi connectivity index (χ1v) is 10.8. The van der Waals surface area contributed by atoms with Gasteiger partial charge in [-0.1, -0.05) is 18.2 Å². The largest absolute Gasteiger partial charge is 0.378 e. The highest BCUT2D eigenvalue weighted by Gasteiger charge is 2.39. The Morgan fingerprint density at radius 1 is 1.13 bits per heavy atom. The van der Waals surface area contributed by atoms with E-state index in [1.165, 1.54) is 0 Å². The third-order valence-electron chi connectivity index (χ3n) is 6.41. The van der Waals surface area contributed by atoms with E-state index in [4.69, 9.17) is 0 Å². The van der Waals surface area contributed by atoms with Gasteiger partial charge in [-0.25, -0.2) is 0 Å². The van der Waals surface area contributed by atoms with Crippen molar-refractivity contribution in [2.75, 3.05) is 18.4 Å². The van der Waals surface area contributed by atoms with Gasteiger partial charge in [-0.05, 0) is 43.5 Å². The number of anilines is 1. The van der Waals surface area contributed by atoms with Crippen molar-refractivity contribution in [2.45, 2.75) is 50.9 Å². The van der Waals surface area contributed by atoms with Gasteiger partial charge in [-0.3, -0.25) is 24.4 Å². The summed E-state index contributed by atoms with van der Waals surface area (Å²) in [4.78, 5) is 38.5. The summed E-state index contributed by atoms with van der Waals surface area (Å²) in [7, 11) is 0. The van der Waals surface area contributed by atoms with Gasteiger partial charge in [0.05, 0.1) is 17.9 Å². The van der Waals surface area contributed by atoms with E-state index in [2.05, 4.69) is 21.0 Å². The summed E-state index contributed by atoms with van der Waals surface area (Å²) >= 11 is 0. The van der Waals surface area contributed by atoms with Gasteiger partial charge < -0.3 is 15.5 Å². The maximum absolute atomic E-state index is 13.2. The highest BCUT2D eigenvalue weighted by molar-refractivity contribution is 6.06. The molecule has 1 unspecified atom stereocenters. The number of hydrogen-bond donors (Lipinski definition) is 3. The average molecular weight is 422 g/mol. The smallest absolute Gasteiger partial charge is 0.255 e. The predicted molar refractivity (Wildman–Crippen MR) is 113 cm³/mol. The molecule has 2 aromatic rings. The number of nitrogens with one attached hydrogen (secondary N) is 3. The van der Waals surface area contributed by atoms with Crippen LogP contribution in [0.5, 0.6) is 0 Å². The fraction of sp³-hybridized carbons (Fsp3) is 0.455. The molecule has 2 saturated heterocycles. The van der Waals surface area contributed by atoms with Crippen molar-refractivity contribution in [3.05, 3.63) is 47.3 Å². The molecule has 2 fully saturated rings. The number of nitrogens with zero attached hydrogens (tertiary/aromatic N) is 3. The molecule has 0 radical (unpaired) electrons. The first-order valence-electron chi connectivity index (χ1n) is 10.8. The molecule has 0 spiro atoms. The molecule has 1 atom stereocenters. The molecule has 31 heavy (non-hydrogen) atoms. The van der Waals surface area contributed by atoms with Crippen molar-refractivity contribution < 1.29 is 14.4 Å². The minimum Gasteiger partial charge on any atom is -0.378 e. The Bertz CT molecular complexity index is 1030. The van der Waals surface area contributed by atoms with Crippen LogP contribution in [0.2, 0.25) is 0 Å². The Labute approximate surface area is 180 Å². The van der Waals surface area contributed by atoms with E-state index in [0.29, 0.717) is 31.1 Å². The molecular formula is C22H26N6O3. The molecule has 0 bridgehead atoms. The molecule has 9 nitrogen and oxygen atoms in total. The Balaban J connectivity index is 1.28. The van der Waals surface area contributed by atoms with Crippen LogP contribution in [0.15, 0.2) is 30.6 Å². The number of imide groups is 1. The number of hydrogen-bond acceptors (Lipinski definition) is 6. The fourth-order valence-corrected chi connectivity index (χ4v) is 4.73. The lowest BCUT2D eigenvalue weighted by atomic mass is 10.0. The van der Waals surface area contributed by atoms with E-state index in [1.54, 1.807) is 4.90 Å². The molecule has 1 aromatic carbocycles. The quantitative estimate of drug-likeness (QED) is 0.625. The number of piperidine rings is 2. The van der Waals surface area contributed by atoms with Crippen LogP contribution in [-0.4, -0.2) is 51.5 Å². The zero-order chi connectivity index (χ0) is 21.4. The Morgan fingerprint density at radius 3 is 2.77 bits per heavy atom. The van der Waals surface area contributed by atoms with Gasteiger partial charge in [0, 0.05) is 31.3 Å². The number of benzene rings is 1. The van der Waals surface area contributed by atoms with E-state index >= 15 is 0 Å². The fourth-order valence-electron chi connectivity index (χ4n) is 4.73. The molecule has 0 saturated carbocycles. The lowest BCUT2D eigenvalue weighted by Crippen LogP contribution is -2.52. The summed E-state index contributed by atoms with van der Waals surface area (Å²) in [5.41, 5.74) is 3.39. The molecule has 4 heterocycles. The number of carbonyl (C=O) groups excluding carboxylic acids is 3. The number of rotatable bonds is 5. The molecule has 3 aliphatic heterocycles. The van der Waals surface area contributed by atoms with Gasteiger partial charge in [-0.2, -0.15) is 5.10 Å². The molecule has 3 aliphatic rings. The van der Waals surface area contributed by atoms with Crippen LogP contribution in [0.4, 0.5) is 5.69 Å². The van der Waals surface area contributed by atoms with E-state index in [1.807, 2.05) is 35.3 Å². The van der Waals surface area contributed by atoms with E-state index < -0.39 is 6.04 Å². The van der Waals surface area contributed by atoms with Crippen molar-refractivity contribution in [1.29, 1.82) is 0 Å². The van der Waals surface area contributed by atoms with Crippen molar-refractivity contribution in [3.63, 3.8) is 0 Å². The van der Waals surface area contributed by atoms with E-state index in [0.717, 1.165) is 42.7 Å². The second kappa shape index (κ2) is 8.14. The van der Waals surface area contributed by atoms with Crippen molar-refractivity contribution in [1.82, 2.24) is 25.3 Å². The van der Waals surface area contributed by atoms with Gasteiger partial charge in [-0.15, -0.1) is 0 Å². The topological polar surface area (TPSA) is 108 Å². The van der Waals surface area contributed by atoms with Crippen LogP contribution in [0.25, 0.3) is 0 Å². The summed E-state index contributed by atoms with van der Waals surface area (Å²) < 4.78 is 2.02. The maximum Gasteiger partial charge on any atom is 0.255 e. The Kier molecular flexibility index (Phi) is 5.19. The molecule has 162 valence electrons. The van der Waals surface area contributed by atoms with Gasteiger partial charge in [0.25, 0.3) is 5.91 Å². The zero-order valence-corrected chi connectivity index (χ0v) is 17.3. The first-order chi connectivity index (χ1) is 15.1. The highest BCUT2D eigenvalue weighted by Crippen LogP contribution is 2.30. The van der Waals surface area contributed by atoms with E-state index in [-0.39, 0.29) is 24.1 Å². The minimum atomic E-state index is -0.596. The molecule has 3 N–H and O–H groups in total. The third kappa shape index (κ3) is 3.81. The maximum atomic E-state index is 13.2. The third-order valence-corrected chi connectivity index (χ3v) is 6.41. The summed E-state index contributed by atoms with van der Waals surface area (Å²) in [5, 5.41) is 13.6. The molecule has 1 aromatic heterocycles. The van der Waals surface area contributed by atoms with Crippen molar-refractivity contribution >= 4 is 23.4 Å². The summed E-state index contributed by atoms with van der Waals surface area (Å²) in [6, 6.07) is 5.63. The van der Waals surface area contributed by atoms with Crippen LogP contribution in [0, 0.1) is 0 Å². The van der Waals surface area contributed by atoms with Crippen molar-refractivity contribution in [2.24, 2.45) is 0 Å². The van der Waals surface area contributed by atoms with E-state index in [9.17, 15) is 14.4 Å². The summed E-state index contributed by atoms with van der Waals surface area (Å²) in [6.07, 6.45) is 6.61. The second-order valence-electron chi connectivity index (χ2n) is 8.39. The first kappa shape index (κ1) is 19.7. The van der Waals surface area contributed by atoms with Gasteiger partial charge in [0.15, 0.2) is 0 Å². The molecule has 3 amide bonds. The average Bonchev–Trinajstić information content (AvgIpc) is 3.38. The zero-order valence-electron chi connectivity index (χ0n) is 17.3. The van der Waals surface area contributed by atoms with Gasteiger partial charge >= 0.3 is 0 Å². The van der Waals surface area contributed by atoms with Crippen LogP contribution in [0.3, 0.4) is 0 Å². The molecule has 9 heteroatoms. The summed E-state index contributed by atoms with van der Waals surface area (Å²) in [6.45, 7) is 2.91. The predicted octanol–water partition coefficient (Wildman–Crippen LogP) is 1.18. The standard InChI is InChI=1S/C22H26N6O3/c29-19-5-4-18(21(30)26-19)27-12-15-3-1-2-14(20(15)22(27)31)10-24-16-11-25-28(13-16)17-6-8-23-9-7-17/h1-3,11,13,17-18,23-24H,4-10,12H2,(H,26,29,30). The number of aromatic nitrogens is 2. The van der Waals surface area contributed by atoms with Gasteiger partial charge in [0.2, 0.25) is 11.8 Å². The lowest BCUT2D eigenvalue weighted by Gasteiger charge is -2.29. The Hall–Kier alpha value is -3.20. The highest BCUT2D eigenvalue weighted by atomic mass is 16.2. The van der Waals surface area contributed by atoms with Crippen LogP contribution in [-0.2, 0) is 22.7 Å². The summed E-state index contributed by atoms with van der Waals surface area (Å²) in [5.74, 6) is -0.810. The number of carbonyl (C=O) groups is 3. The second-order valence-corrected chi connectivity index (χ2v) is 8.39. The normalized spacial score (nSPS) is 21.9. The SMILES string of the molecule is O=C1CCC(N2Cc3cccc(CNc4cnn(C5CCNCC5)c4)c3C2=O)C(=O)N1. The van der Waals surface area contributed by atoms with Crippen LogP contribution < -0.4 is 16.0 Å². The molecular weight excluding hydrogens is 396 g/mol. The lowest BCUT2D eigenvalue weighted by molar-refractivity contribution is -0.136. The van der Waals surface area contributed by atoms with Crippen LogP contribution >= 0.6 is 0 Å². The number of amides is 3. The minimum absolute atomic E-state index is 0.146. The monoisotopic (exact) mass is 422 g/mol. The Morgan fingerprint density at radius 2 is 1.97 bits per heavy atom.